The smallest absolute Gasteiger partial charge is 0.347 e. The summed E-state index contributed by atoms with van der Waals surface area (Å²) in [6.07, 6.45) is 1.98. The van der Waals surface area contributed by atoms with E-state index in [9.17, 15) is 4.79 Å². The van der Waals surface area contributed by atoms with E-state index in [4.69, 9.17) is 0 Å². The molecule has 4 heteroatoms. The van der Waals surface area contributed by atoms with Crippen LogP contribution in [0.15, 0.2) is 23.2 Å². The van der Waals surface area contributed by atoms with Gasteiger partial charge in [-0.2, -0.15) is 4.99 Å². The molecule has 19 heavy (non-hydrogen) atoms. The third-order valence-electron chi connectivity index (χ3n) is 3.52. The fraction of sp³-hybridized carbons (Fsp3) is 0.467. The zero-order valence-corrected chi connectivity index (χ0v) is 11.9. The fourth-order valence-electron chi connectivity index (χ4n) is 2.45. The molecule has 0 aliphatic carbocycles. The molecule has 2 amide bonds. The molecule has 0 spiro atoms. The van der Waals surface area contributed by atoms with Crippen LogP contribution in [0.3, 0.4) is 0 Å². The number of aryl methyl sites for hydroxylation is 2. The lowest BCUT2D eigenvalue weighted by atomic mass is 10.1. The summed E-state index contributed by atoms with van der Waals surface area (Å²) in [5, 5.41) is 2.90. The topological polar surface area (TPSA) is 44.7 Å². The van der Waals surface area contributed by atoms with Gasteiger partial charge < -0.3 is 10.2 Å². The summed E-state index contributed by atoms with van der Waals surface area (Å²) >= 11 is 0. The van der Waals surface area contributed by atoms with Crippen molar-refractivity contribution in [3.63, 3.8) is 0 Å². The van der Waals surface area contributed by atoms with Crippen molar-refractivity contribution in [2.45, 2.75) is 33.6 Å². The highest BCUT2D eigenvalue weighted by Gasteiger charge is 2.18. The molecule has 1 aliphatic heterocycles. The van der Waals surface area contributed by atoms with Crippen LogP contribution in [0.4, 0.5) is 10.5 Å². The van der Waals surface area contributed by atoms with E-state index < -0.39 is 0 Å². The van der Waals surface area contributed by atoms with E-state index in [1.165, 1.54) is 0 Å². The molecule has 1 aliphatic rings. The Hall–Kier alpha value is -1.84. The van der Waals surface area contributed by atoms with Crippen LogP contribution in [-0.4, -0.2) is 29.9 Å². The summed E-state index contributed by atoms with van der Waals surface area (Å²) in [6, 6.07) is 5.70. The van der Waals surface area contributed by atoms with E-state index in [-0.39, 0.29) is 6.03 Å². The SMILES string of the molecule is CCN1CCC/C1=N/C(=O)Nc1c(C)cccc1C. The van der Waals surface area contributed by atoms with E-state index in [1.54, 1.807) is 0 Å². The monoisotopic (exact) mass is 259 g/mol. The summed E-state index contributed by atoms with van der Waals surface area (Å²) in [7, 11) is 0. The second-order valence-electron chi connectivity index (χ2n) is 4.91. The highest BCUT2D eigenvalue weighted by atomic mass is 16.2. The Labute approximate surface area is 114 Å². The number of hydrogen-bond donors (Lipinski definition) is 1. The first kappa shape index (κ1) is 13.6. The van der Waals surface area contributed by atoms with Crippen LogP contribution in [0.25, 0.3) is 0 Å². The summed E-state index contributed by atoms with van der Waals surface area (Å²) in [6.45, 7) is 7.99. The molecule has 0 bridgehead atoms. The van der Waals surface area contributed by atoms with E-state index in [2.05, 4.69) is 22.1 Å². The van der Waals surface area contributed by atoms with Gasteiger partial charge in [-0.15, -0.1) is 0 Å². The average molecular weight is 259 g/mol. The first-order valence-electron chi connectivity index (χ1n) is 6.81. The zero-order chi connectivity index (χ0) is 13.8. The Balaban J connectivity index is 2.11. The predicted molar refractivity (Wildman–Crippen MR) is 78.9 cm³/mol. The van der Waals surface area contributed by atoms with Gasteiger partial charge in [0.25, 0.3) is 0 Å². The molecule has 0 saturated carbocycles. The van der Waals surface area contributed by atoms with Crippen LogP contribution in [0.5, 0.6) is 0 Å². The van der Waals surface area contributed by atoms with Crippen LogP contribution in [-0.2, 0) is 0 Å². The van der Waals surface area contributed by atoms with Crippen molar-refractivity contribution < 1.29 is 4.79 Å². The number of rotatable bonds is 2. The Morgan fingerprint density at radius 3 is 2.68 bits per heavy atom. The molecule has 0 atom stereocenters. The Kier molecular flexibility index (Phi) is 4.20. The number of urea groups is 1. The molecule has 1 N–H and O–H groups in total. The quantitative estimate of drug-likeness (QED) is 0.885. The minimum atomic E-state index is -0.271. The van der Waals surface area contributed by atoms with Crippen molar-refractivity contribution in [2.24, 2.45) is 4.99 Å². The van der Waals surface area contributed by atoms with Crippen LogP contribution in [0.2, 0.25) is 0 Å². The summed E-state index contributed by atoms with van der Waals surface area (Å²) in [4.78, 5) is 18.4. The molecule has 102 valence electrons. The fourth-order valence-corrected chi connectivity index (χ4v) is 2.45. The first-order valence-corrected chi connectivity index (χ1v) is 6.81. The average Bonchev–Trinajstić information content (AvgIpc) is 2.81. The Bertz CT molecular complexity index is 488. The number of aliphatic imine (C=N–C) groups is 1. The predicted octanol–water partition coefficient (Wildman–Crippen LogP) is 3.35. The third-order valence-corrected chi connectivity index (χ3v) is 3.52. The lowest BCUT2D eigenvalue weighted by Gasteiger charge is -2.16. The van der Waals surface area contributed by atoms with Gasteiger partial charge in [0.15, 0.2) is 0 Å². The molecule has 2 rings (SSSR count). The van der Waals surface area contributed by atoms with Crippen LogP contribution < -0.4 is 5.32 Å². The Morgan fingerprint density at radius 1 is 1.37 bits per heavy atom. The minimum absolute atomic E-state index is 0.271. The number of likely N-dealkylation sites (tertiary alicyclic amines) is 1. The normalized spacial score (nSPS) is 17.0. The molecule has 0 radical (unpaired) electrons. The number of para-hydroxylation sites is 1. The molecule has 0 aromatic heterocycles. The number of carbonyl (C=O) groups is 1. The van der Waals surface area contributed by atoms with Crippen LogP contribution in [0.1, 0.15) is 30.9 Å². The van der Waals surface area contributed by atoms with Crippen LogP contribution in [0, 0.1) is 13.8 Å². The lowest BCUT2D eigenvalue weighted by Crippen LogP contribution is -2.26. The molecule has 1 fully saturated rings. The van der Waals surface area contributed by atoms with Crippen molar-refractivity contribution >= 4 is 17.6 Å². The molecular formula is C15H21N3O. The van der Waals surface area contributed by atoms with Gasteiger partial charge >= 0.3 is 6.03 Å². The van der Waals surface area contributed by atoms with Crippen molar-refractivity contribution in [3.05, 3.63) is 29.3 Å². The largest absolute Gasteiger partial charge is 0.360 e. The number of amidine groups is 1. The highest BCUT2D eigenvalue weighted by molar-refractivity contribution is 6.01. The number of benzene rings is 1. The number of nitrogens with one attached hydrogen (secondary N) is 1. The molecule has 1 aromatic rings. The van der Waals surface area contributed by atoms with Gasteiger partial charge in [-0.05, 0) is 38.3 Å². The number of amides is 2. The summed E-state index contributed by atoms with van der Waals surface area (Å²) in [5.41, 5.74) is 3.00. The summed E-state index contributed by atoms with van der Waals surface area (Å²) in [5.74, 6) is 0.909. The molecule has 1 saturated heterocycles. The maximum atomic E-state index is 12.0. The third kappa shape index (κ3) is 3.13. The van der Waals surface area contributed by atoms with Gasteiger partial charge in [0.2, 0.25) is 0 Å². The molecule has 0 unspecified atom stereocenters. The van der Waals surface area contributed by atoms with Gasteiger partial charge in [-0.25, -0.2) is 4.79 Å². The second-order valence-corrected chi connectivity index (χ2v) is 4.91. The second kappa shape index (κ2) is 5.87. The molecule has 1 heterocycles. The van der Waals surface area contributed by atoms with E-state index in [0.29, 0.717) is 0 Å². The van der Waals surface area contributed by atoms with Crippen LogP contribution >= 0.6 is 0 Å². The van der Waals surface area contributed by atoms with E-state index >= 15 is 0 Å². The van der Waals surface area contributed by atoms with Gasteiger partial charge in [-0.1, -0.05) is 18.2 Å². The molecular weight excluding hydrogens is 238 g/mol. The van der Waals surface area contributed by atoms with Crippen molar-refractivity contribution in [3.8, 4) is 0 Å². The molecule has 1 aromatic carbocycles. The summed E-state index contributed by atoms with van der Waals surface area (Å²) < 4.78 is 0. The maximum absolute atomic E-state index is 12.0. The lowest BCUT2D eigenvalue weighted by molar-refractivity contribution is 0.259. The number of carbonyl (C=O) groups excluding carboxylic acids is 1. The van der Waals surface area contributed by atoms with E-state index in [1.807, 2.05) is 32.0 Å². The van der Waals surface area contributed by atoms with Gasteiger partial charge in [0.05, 0.1) is 0 Å². The minimum Gasteiger partial charge on any atom is -0.360 e. The molecule has 4 nitrogen and oxygen atoms in total. The Morgan fingerprint density at radius 2 is 2.05 bits per heavy atom. The number of hydrogen-bond acceptors (Lipinski definition) is 1. The van der Waals surface area contributed by atoms with Gasteiger partial charge in [0.1, 0.15) is 5.84 Å². The van der Waals surface area contributed by atoms with Gasteiger partial charge in [0, 0.05) is 25.2 Å². The van der Waals surface area contributed by atoms with Crippen molar-refractivity contribution in [2.75, 3.05) is 18.4 Å². The zero-order valence-electron chi connectivity index (χ0n) is 11.9. The van der Waals surface area contributed by atoms with E-state index in [0.717, 1.165) is 48.6 Å². The number of anilines is 1. The maximum Gasteiger partial charge on any atom is 0.347 e. The van der Waals surface area contributed by atoms with Crippen molar-refractivity contribution in [1.82, 2.24) is 4.90 Å². The standard InChI is InChI=1S/C15H21N3O/c1-4-18-10-6-9-13(18)16-15(19)17-14-11(2)7-5-8-12(14)3/h5,7-8H,4,6,9-10H2,1-3H3,(H,17,19)/b16-13-. The van der Waals surface area contributed by atoms with Gasteiger partial charge in [-0.3, -0.25) is 0 Å². The highest BCUT2D eigenvalue weighted by Crippen LogP contribution is 2.20. The number of nitrogens with zero attached hydrogens (tertiary/aromatic N) is 2. The van der Waals surface area contributed by atoms with Crippen molar-refractivity contribution in [1.29, 1.82) is 0 Å². The first-order chi connectivity index (χ1) is 9.11.